The molecular formula is C32H37N3O7S. The first-order chi connectivity index (χ1) is 20.4. The molecule has 2 aromatic rings. The number of ketones is 4. The van der Waals surface area contributed by atoms with Crippen molar-refractivity contribution < 1.29 is 34.2 Å². The highest BCUT2D eigenvalue weighted by Crippen LogP contribution is 2.53. The van der Waals surface area contributed by atoms with Crippen molar-refractivity contribution in [2.45, 2.75) is 63.1 Å². The molecule has 6 rings (SSSR count). The molecule has 4 aliphatic carbocycles. The summed E-state index contributed by atoms with van der Waals surface area (Å²) >= 11 is 1.50. The molecule has 4 aliphatic rings. The molecule has 0 radical (unpaired) electrons. The standard InChI is InChI=1S/C32H37N3O7S/c1-14-4-6-17(7-5-14)34-21-12-18(15-8-9-43-13-15)19-10-16-11-20-25(35(2)3)28(38)24(31(33)41)30(40)32(20,42)29(39)22(16)27(37)23(19)26(21)36/h8-9,12-14,16-17,20,22,24-25,34,36,42H,4-7,10-11H2,1-3H3,(H2,33,41). The molecule has 6 atom stereocenters. The smallest absolute Gasteiger partial charge is 0.235 e. The number of anilines is 1. The number of aromatic hydroxyl groups is 1. The third-order valence-corrected chi connectivity index (χ3v) is 11.0. The number of phenols is 1. The van der Waals surface area contributed by atoms with Gasteiger partial charge in [0, 0.05) is 12.0 Å². The maximum absolute atomic E-state index is 14.3. The van der Waals surface area contributed by atoms with E-state index in [1.807, 2.05) is 22.9 Å². The number of likely N-dealkylation sites (N-methyl/N-ethyl adjacent to an activating group) is 1. The van der Waals surface area contributed by atoms with Gasteiger partial charge >= 0.3 is 0 Å². The number of primary amides is 1. The van der Waals surface area contributed by atoms with Gasteiger partial charge in [0.05, 0.1) is 23.2 Å². The van der Waals surface area contributed by atoms with Crippen LogP contribution < -0.4 is 11.1 Å². The first-order valence-electron chi connectivity index (χ1n) is 14.9. The summed E-state index contributed by atoms with van der Waals surface area (Å²) in [5, 5.41) is 30.7. The van der Waals surface area contributed by atoms with Crippen molar-refractivity contribution in [2.75, 3.05) is 19.4 Å². The van der Waals surface area contributed by atoms with E-state index in [2.05, 4.69) is 12.2 Å². The number of benzene rings is 1. The molecule has 5 N–H and O–H groups in total. The summed E-state index contributed by atoms with van der Waals surface area (Å²) < 4.78 is 0. The lowest BCUT2D eigenvalue weighted by molar-refractivity contribution is -0.181. The summed E-state index contributed by atoms with van der Waals surface area (Å²) in [7, 11) is 3.14. The third-order valence-electron chi connectivity index (χ3n) is 10.3. The summed E-state index contributed by atoms with van der Waals surface area (Å²) in [6.07, 6.45) is 4.20. The van der Waals surface area contributed by atoms with E-state index in [0.29, 0.717) is 17.2 Å². The monoisotopic (exact) mass is 607 g/mol. The van der Waals surface area contributed by atoms with Gasteiger partial charge in [-0.15, -0.1) is 0 Å². The van der Waals surface area contributed by atoms with Crippen molar-refractivity contribution in [3.8, 4) is 16.9 Å². The number of hydrogen-bond acceptors (Lipinski definition) is 10. The van der Waals surface area contributed by atoms with Crippen molar-refractivity contribution in [1.29, 1.82) is 0 Å². The van der Waals surface area contributed by atoms with Gasteiger partial charge in [-0.25, -0.2) is 0 Å². The fourth-order valence-corrected chi connectivity index (χ4v) is 8.74. The Bertz CT molecular complexity index is 1530. The number of hydrogen-bond donors (Lipinski definition) is 4. The van der Waals surface area contributed by atoms with Crippen LogP contribution in [0.15, 0.2) is 22.9 Å². The van der Waals surface area contributed by atoms with Gasteiger partial charge < -0.3 is 21.3 Å². The van der Waals surface area contributed by atoms with Gasteiger partial charge in [-0.1, -0.05) is 6.92 Å². The maximum Gasteiger partial charge on any atom is 0.235 e. The van der Waals surface area contributed by atoms with E-state index in [4.69, 9.17) is 5.73 Å². The Morgan fingerprint density at radius 2 is 1.81 bits per heavy atom. The van der Waals surface area contributed by atoms with Crippen LogP contribution in [0.1, 0.15) is 54.9 Å². The van der Waals surface area contributed by atoms with Crippen LogP contribution in [0, 0.1) is 29.6 Å². The Morgan fingerprint density at radius 1 is 1.12 bits per heavy atom. The van der Waals surface area contributed by atoms with Crippen LogP contribution in [0.2, 0.25) is 0 Å². The normalized spacial score (nSPS) is 34.0. The number of nitrogens with one attached hydrogen (secondary N) is 1. The highest BCUT2D eigenvalue weighted by molar-refractivity contribution is 7.08. The van der Waals surface area contributed by atoms with Crippen LogP contribution in [0.3, 0.4) is 0 Å². The number of thiophene rings is 1. The molecule has 0 saturated heterocycles. The van der Waals surface area contributed by atoms with Crippen LogP contribution in [-0.4, -0.2) is 75.9 Å². The van der Waals surface area contributed by atoms with Crippen LogP contribution in [0.25, 0.3) is 11.1 Å². The topological polar surface area (TPSA) is 167 Å². The largest absolute Gasteiger partial charge is 0.505 e. The molecule has 0 spiro atoms. The average molecular weight is 608 g/mol. The van der Waals surface area contributed by atoms with Crippen LogP contribution in [-0.2, 0) is 25.6 Å². The number of rotatable bonds is 5. The van der Waals surface area contributed by atoms with Gasteiger partial charge in [0.15, 0.2) is 34.7 Å². The Labute approximate surface area is 253 Å². The summed E-state index contributed by atoms with van der Waals surface area (Å²) in [5.74, 6) is -9.77. The van der Waals surface area contributed by atoms with Crippen molar-refractivity contribution in [1.82, 2.24) is 4.90 Å². The van der Waals surface area contributed by atoms with E-state index in [9.17, 15) is 34.2 Å². The average Bonchev–Trinajstić information content (AvgIpc) is 3.48. The molecule has 1 amide bonds. The Balaban J connectivity index is 1.46. The molecule has 3 fully saturated rings. The number of nitrogens with zero attached hydrogens (tertiary/aromatic N) is 1. The van der Waals surface area contributed by atoms with Crippen molar-refractivity contribution in [3.05, 3.63) is 34.0 Å². The van der Waals surface area contributed by atoms with E-state index >= 15 is 0 Å². The highest BCUT2D eigenvalue weighted by Gasteiger charge is 2.69. The van der Waals surface area contributed by atoms with Crippen molar-refractivity contribution in [2.24, 2.45) is 35.3 Å². The predicted octanol–water partition coefficient (Wildman–Crippen LogP) is 2.59. The quantitative estimate of drug-likeness (QED) is 0.295. The molecule has 1 aromatic carbocycles. The molecule has 3 saturated carbocycles. The fraction of sp³-hybridized carbons (Fsp3) is 0.531. The molecule has 6 unspecified atom stereocenters. The zero-order valence-electron chi connectivity index (χ0n) is 24.5. The second kappa shape index (κ2) is 10.6. The summed E-state index contributed by atoms with van der Waals surface area (Å²) in [6.45, 7) is 2.22. The Morgan fingerprint density at radius 3 is 2.42 bits per heavy atom. The fourth-order valence-electron chi connectivity index (χ4n) is 8.08. The van der Waals surface area contributed by atoms with Gasteiger partial charge in [0.1, 0.15) is 5.75 Å². The highest BCUT2D eigenvalue weighted by atomic mass is 32.1. The molecule has 0 bridgehead atoms. The number of nitrogens with two attached hydrogens (primary N) is 1. The molecule has 1 heterocycles. The number of carbonyl (C=O) groups excluding carboxylic acids is 5. The first kappa shape index (κ1) is 29.7. The summed E-state index contributed by atoms with van der Waals surface area (Å²) in [5.41, 5.74) is 5.36. The summed E-state index contributed by atoms with van der Waals surface area (Å²) in [6, 6.07) is 2.80. The zero-order valence-corrected chi connectivity index (χ0v) is 25.3. The second-order valence-corrected chi connectivity index (χ2v) is 13.9. The molecule has 11 heteroatoms. The van der Waals surface area contributed by atoms with Crippen LogP contribution >= 0.6 is 11.3 Å². The van der Waals surface area contributed by atoms with E-state index < -0.39 is 64.4 Å². The van der Waals surface area contributed by atoms with E-state index in [1.165, 1.54) is 16.2 Å². The molecule has 10 nitrogen and oxygen atoms in total. The Hall–Kier alpha value is -3.41. The molecule has 1 aromatic heterocycles. The van der Waals surface area contributed by atoms with Crippen molar-refractivity contribution in [3.63, 3.8) is 0 Å². The van der Waals surface area contributed by atoms with Gasteiger partial charge in [-0.05, 0) is 104 Å². The predicted molar refractivity (Wildman–Crippen MR) is 160 cm³/mol. The maximum atomic E-state index is 14.3. The molecule has 43 heavy (non-hydrogen) atoms. The van der Waals surface area contributed by atoms with E-state index in [0.717, 1.165) is 36.8 Å². The van der Waals surface area contributed by atoms with E-state index in [1.54, 1.807) is 14.1 Å². The number of fused-ring (bicyclic) bond motifs is 3. The minimum Gasteiger partial charge on any atom is -0.505 e. The third kappa shape index (κ3) is 4.46. The lowest BCUT2D eigenvalue weighted by atomic mass is 9.52. The van der Waals surface area contributed by atoms with Crippen LogP contribution in [0.5, 0.6) is 5.75 Å². The second-order valence-electron chi connectivity index (χ2n) is 13.1. The zero-order chi connectivity index (χ0) is 31.0. The van der Waals surface area contributed by atoms with Gasteiger partial charge in [-0.2, -0.15) is 11.3 Å². The molecule has 0 aliphatic heterocycles. The molecular weight excluding hydrogens is 570 g/mol. The molecule has 228 valence electrons. The number of aliphatic hydroxyl groups is 1. The summed E-state index contributed by atoms with van der Waals surface area (Å²) in [4.78, 5) is 69.1. The van der Waals surface area contributed by atoms with Gasteiger partial charge in [-0.3, -0.25) is 28.9 Å². The lowest BCUT2D eigenvalue weighted by Gasteiger charge is -2.52. The van der Waals surface area contributed by atoms with E-state index in [-0.39, 0.29) is 30.2 Å². The minimum atomic E-state index is -2.74. The number of Topliss-reactive ketones (excluding diaryl/α,β-unsaturated/α-hetero) is 4. The lowest BCUT2D eigenvalue weighted by Crippen LogP contribution is -2.74. The number of amides is 1. The Kier molecular flexibility index (Phi) is 7.34. The first-order valence-corrected chi connectivity index (χ1v) is 15.8. The van der Waals surface area contributed by atoms with Gasteiger partial charge in [0.2, 0.25) is 5.91 Å². The van der Waals surface area contributed by atoms with Crippen LogP contribution in [0.4, 0.5) is 5.69 Å². The number of phenolic OH excluding ortho intramolecular Hbond substituents is 1. The SMILES string of the molecule is CC1CCC(Nc2cc(-c3ccsc3)c3c(c2O)C(=O)C2C(=O)C4(O)C(=O)C(C(N)=O)C(=O)C(N(C)C)C4CC2C3)CC1. The number of carbonyl (C=O) groups is 5. The van der Waals surface area contributed by atoms with Gasteiger partial charge in [0.25, 0.3) is 0 Å². The van der Waals surface area contributed by atoms with Crippen molar-refractivity contribution >= 4 is 46.1 Å². The minimum absolute atomic E-state index is 0.0157.